The molecule has 1 unspecified atom stereocenters. The lowest BCUT2D eigenvalue weighted by molar-refractivity contribution is 0.0976. The first-order valence-corrected chi connectivity index (χ1v) is 9.56. The first-order valence-electron chi connectivity index (χ1n) is 8.39. The maximum Gasteiger partial charge on any atom is 0.165 e. The number of halogens is 2. The van der Waals surface area contributed by atoms with Crippen LogP contribution in [0.1, 0.15) is 33.9 Å². The zero-order valence-corrected chi connectivity index (χ0v) is 16.7. The number of hydrogen-bond acceptors (Lipinski definition) is 2. The van der Waals surface area contributed by atoms with E-state index in [1.165, 1.54) is 5.56 Å². The normalized spacial score (nSPS) is 11.8. The Labute approximate surface area is 167 Å². The van der Waals surface area contributed by atoms with E-state index < -0.39 is 0 Å². The lowest BCUT2D eigenvalue weighted by atomic mass is 9.97. The van der Waals surface area contributed by atoms with Gasteiger partial charge in [0.05, 0.1) is 6.04 Å². The third-order valence-electron chi connectivity index (χ3n) is 4.22. The van der Waals surface area contributed by atoms with Gasteiger partial charge < -0.3 is 5.32 Å². The molecule has 0 amide bonds. The van der Waals surface area contributed by atoms with Gasteiger partial charge in [-0.2, -0.15) is 0 Å². The third-order valence-corrected chi connectivity index (χ3v) is 5.00. The van der Waals surface area contributed by atoms with Gasteiger partial charge in [-0.1, -0.05) is 69.5 Å². The Balaban J connectivity index is 1.84. The third kappa shape index (κ3) is 4.96. The van der Waals surface area contributed by atoms with Crippen LogP contribution in [0.2, 0.25) is 5.02 Å². The Bertz CT molecular complexity index is 874. The van der Waals surface area contributed by atoms with E-state index in [1.807, 2.05) is 48.5 Å². The molecule has 3 aromatic rings. The Hall–Kier alpha value is -2.10. The van der Waals surface area contributed by atoms with Crippen LogP contribution in [-0.2, 0) is 0 Å². The topological polar surface area (TPSA) is 29.1 Å². The standard InChI is InChI=1S/C22H19BrClNO/c1-15-2-4-16(5-3-15)21(25-20-12-10-19(24)11-13-20)14-22(26)17-6-8-18(23)9-7-17/h2-13,21,25H,14H2,1H3. The Morgan fingerprint density at radius 3 is 2.19 bits per heavy atom. The molecule has 132 valence electrons. The fraction of sp³-hybridized carbons (Fsp3) is 0.136. The van der Waals surface area contributed by atoms with Gasteiger partial charge in [0, 0.05) is 27.2 Å². The van der Waals surface area contributed by atoms with Crippen molar-refractivity contribution in [1.29, 1.82) is 0 Å². The maximum absolute atomic E-state index is 12.8. The molecule has 0 heterocycles. The summed E-state index contributed by atoms with van der Waals surface area (Å²) in [4.78, 5) is 12.8. The quantitative estimate of drug-likeness (QED) is 0.436. The van der Waals surface area contributed by atoms with E-state index in [0.29, 0.717) is 17.0 Å². The largest absolute Gasteiger partial charge is 0.378 e. The number of hydrogen-bond donors (Lipinski definition) is 1. The molecule has 0 saturated heterocycles. The van der Waals surface area contributed by atoms with Crippen molar-refractivity contribution in [3.05, 3.63) is 99.0 Å². The number of benzene rings is 3. The summed E-state index contributed by atoms with van der Waals surface area (Å²) in [6.45, 7) is 2.05. The van der Waals surface area contributed by atoms with Gasteiger partial charge in [0.1, 0.15) is 0 Å². The summed E-state index contributed by atoms with van der Waals surface area (Å²) >= 11 is 9.38. The monoisotopic (exact) mass is 427 g/mol. The van der Waals surface area contributed by atoms with Crippen LogP contribution in [0.3, 0.4) is 0 Å². The second kappa shape index (κ2) is 8.52. The van der Waals surface area contributed by atoms with Crippen molar-refractivity contribution in [3.8, 4) is 0 Å². The van der Waals surface area contributed by atoms with Crippen molar-refractivity contribution in [1.82, 2.24) is 0 Å². The van der Waals surface area contributed by atoms with E-state index in [2.05, 4.69) is 52.4 Å². The fourth-order valence-corrected chi connectivity index (χ4v) is 3.13. The van der Waals surface area contributed by atoms with Crippen molar-refractivity contribution in [2.45, 2.75) is 19.4 Å². The molecule has 3 rings (SSSR count). The van der Waals surface area contributed by atoms with Gasteiger partial charge in [-0.05, 0) is 48.9 Å². The average Bonchev–Trinajstić information content (AvgIpc) is 2.64. The summed E-state index contributed by atoms with van der Waals surface area (Å²) in [5.74, 6) is 0.101. The minimum Gasteiger partial charge on any atom is -0.378 e. The van der Waals surface area contributed by atoms with Crippen LogP contribution in [0.25, 0.3) is 0 Å². The van der Waals surface area contributed by atoms with Crippen LogP contribution in [0.15, 0.2) is 77.3 Å². The summed E-state index contributed by atoms with van der Waals surface area (Å²) in [7, 11) is 0. The molecule has 3 aromatic carbocycles. The number of carbonyl (C=O) groups is 1. The lowest BCUT2D eigenvalue weighted by Crippen LogP contribution is -2.16. The van der Waals surface area contributed by atoms with Crippen LogP contribution < -0.4 is 5.32 Å². The first kappa shape index (κ1) is 18.7. The molecule has 0 aliphatic heterocycles. The van der Waals surface area contributed by atoms with Crippen LogP contribution in [-0.4, -0.2) is 5.78 Å². The van der Waals surface area contributed by atoms with Gasteiger partial charge in [0.15, 0.2) is 5.78 Å². The molecule has 0 saturated carbocycles. The van der Waals surface area contributed by atoms with E-state index >= 15 is 0 Å². The van der Waals surface area contributed by atoms with Crippen molar-refractivity contribution in [2.75, 3.05) is 5.32 Å². The summed E-state index contributed by atoms with van der Waals surface area (Å²) in [5.41, 5.74) is 3.92. The van der Waals surface area contributed by atoms with Crippen molar-refractivity contribution >= 4 is 39.0 Å². The first-order chi connectivity index (χ1) is 12.5. The molecule has 0 aliphatic rings. The highest BCUT2D eigenvalue weighted by Gasteiger charge is 2.17. The van der Waals surface area contributed by atoms with Gasteiger partial charge in [-0.3, -0.25) is 4.79 Å². The highest BCUT2D eigenvalue weighted by molar-refractivity contribution is 9.10. The van der Waals surface area contributed by atoms with Crippen molar-refractivity contribution in [2.24, 2.45) is 0 Å². The highest BCUT2D eigenvalue weighted by Crippen LogP contribution is 2.26. The number of nitrogens with one attached hydrogen (secondary N) is 1. The minimum absolute atomic E-state index is 0.101. The lowest BCUT2D eigenvalue weighted by Gasteiger charge is -2.20. The van der Waals surface area contributed by atoms with Crippen molar-refractivity contribution in [3.63, 3.8) is 0 Å². The van der Waals surface area contributed by atoms with E-state index in [9.17, 15) is 4.79 Å². The summed E-state index contributed by atoms with van der Waals surface area (Å²) in [5, 5.41) is 4.15. The molecular weight excluding hydrogens is 410 g/mol. The number of Topliss-reactive ketones (excluding diaryl/α,β-unsaturated/α-hetero) is 1. The molecule has 1 atom stereocenters. The SMILES string of the molecule is Cc1ccc(C(CC(=O)c2ccc(Br)cc2)Nc2ccc(Cl)cc2)cc1. The molecule has 0 radical (unpaired) electrons. The maximum atomic E-state index is 12.8. The molecule has 0 aliphatic carbocycles. The van der Waals surface area contributed by atoms with E-state index in [4.69, 9.17) is 11.6 Å². The number of aryl methyl sites for hydroxylation is 1. The second-order valence-electron chi connectivity index (χ2n) is 6.25. The van der Waals surface area contributed by atoms with Crippen LogP contribution in [0.5, 0.6) is 0 Å². The van der Waals surface area contributed by atoms with Gasteiger partial charge in [-0.15, -0.1) is 0 Å². The average molecular weight is 429 g/mol. The van der Waals surface area contributed by atoms with Gasteiger partial charge in [-0.25, -0.2) is 0 Å². The van der Waals surface area contributed by atoms with Crippen LogP contribution in [0, 0.1) is 6.92 Å². The van der Waals surface area contributed by atoms with Crippen molar-refractivity contribution < 1.29 is 4.79 Å². The summed E-state index contributed by atoms with van der Waals surface area (Å²) in [6.07, 6.45) is 0.368. The van der Waals surface area contributed by atoms with Gasteiger partial charge >= 0.3 is 0 Å². The number of anilines is 1. The predicted molar refractivity (Wildman–Crippen MR) is 112 cm³/mol. The molecule has 1 N–H and O–H groups in total. The Morgan fingerprint density at radius 2 is 1.58 bits per heavy atom. The number of ketones is 1. The molecule has 2 nitrogen and oxygen atoms in total. The summed E-state index contributed by atoms with van der Waals surface area (Å²) < 4.78 is 0.962. The Kier molecular flexibility index (Phi) is 6.12. The van der Waals surface area contributed by atoms with E-state index in [0.717, 1.165) is 15.7 Å². The number of carbonyl (C=O) groups excluding carboxylic acids is 1. The molecule has 4 heteroatoms. The molecule has 0 aromatic heterocycles. The predicted octanol–water partition coefficient (Wildman–Crippen LogP) is 6.84. The molecular formula is C22H19BrClNO. The van der Waals surface area contributed by atoms with Crippen LogP contribution in [0.4, 0.5) is 5.69 Å². The zero-order chi connectivity index (χ0) is 18.5. The minimum atomic E-state index is -0.118. The fourth-order valence-electron chi connectivity index (χ4n) is 2.74. The molecule has 0 fully saturated rings. The summed E-state index contributed by atoms with van der Waals surface area (Å²) in [6, 6.07) is 23.2. The number of rotatable bonds is 6. The van der Waals surface area contributed by atoms with Crippen LogP contribution >= 0.6 is 27.5 Å². The highest BCUT2D eigenvalue weighted by atomic mass is 79.9. The van der Waals surface area contributed by atoms with Gasteiger partial charge in [0.25, 0.3) is 0 Å². The second-order valence-corrected chi connectivity index (χ2v) is 7.60. The molecule has 0 spiro atoms. The Morgan fingerprint density at radius 1 is 0.962 bits per heavy atom. The molecule has 26 heavy (non-hydrogen) atoms. The van der Waals surface area contributed by atoms with E-state index in [-0.39, 0.29) is 11.8 Å². The smallest absolute Gasteiger partial charge is 0.165 e. The van der Waals surface area contributed by atoms with Gasteiger partial charge in [0.2, 0.25) is 0 Å². The zero-order valence-electron chi connectivity index (χ0n) is 14.4. The van der Waals surface area contributed by atoms with E-state index in [1.54, 1.807) is 0 Å². The molecule has 0 bridgehead atoms.